The zero-order valence-corrected chi connectivity index (χ0v) is 24.0. The van der Waals surface area contributed by atoms with Crippen LogP contribution in [0.1, 0.15) is 40.5 Å². The number of rotatable bonds is 11. The summed E-state index contributed by atoms with van der Waals surface area (Å²) in [7, 11) is 0. The van der Waals surface area contributed by atoms with E-state index in [4.69, 9.17) is 9.47 Å². The van der Waals surface area contributed by atoms with Gasteiger partial charge in [-0.1, -0.05) is 51.6 Å². The monoisotopic (exact) mass is 570 g/mol. The smallest absolute Gasteiger partial charge is 0.258 e. The van der Waals surface area contributed by atoms with Gasteiger partial charge < -0.3 is 35.8 Å². The van der Waals surface area contributed by atoms with Gasteiger partial charge in [0.2, 0.25) is 11.8 Å². The number of fused-ring (bicyclic) bond motifs is 2. The second kappa shape index (κ2) is 13.4. The molecule has 11 heteroatoms. The van der Waals surface area contributed by atoms with Crippen molar-refractivity contribution in [3.05, 3.63) is 42.5 Å². The van der Waals surface area contributed by atoms with Gasteiger partial charge in [0.1, 0.15) is 17.8 Å². The second-order valence-electron chi connectivity index (χ2n) is 10.8. The Hall–Kier alpha value is -3.28. The second-order valence-corrected chi connectivity index (χ2v) is 11.9. The third-order valence-corrected chi connectivity index (χ3v) is 7.84. The molecule has 1 fully saturated rings. The first kappa shape index (κ1) is 29.7. The van der Waals surface area contributed by atoms with E-state index in [0.29, 0.717) is 25.2 Å². The van der Waals surface area contributed by atoms with E-state index < -0.39 is 42.1 Å². The predicted octanol–water partition coefficient (Wildman–Crippen LogP) is 3.17. The lowest BCUT2D eigenvalue weighted by atomic mass is 9.99. The number of amides is 3. The molecular weight excluding hydrogens is 532 g/mol. The maximum Gasteiger partial charge on any atom is 0.258 e. The molecule has 1 unspecified atom stereocenters. The molecule has 2 aliphatic heterocycles. The molecule has 2 aromatic carbocycles. The summed E-state index contributed by atoms with van der Waals surface area (Å²) in [5, 5.41) is 21.6. The van der Waals surface area contributed by atoms with Crippen molar-refractivity contribution in [1.29, 1.82) is 0 Å². The number of aliphatic hydroxyl groups is 1. The zero-order valence-electron chi connectivity index (χ0n) is 23.2. The minimum Gasteiger partial charge on any atom is -0.484 e. The van der Waals surface area contributed by atoms with Crippen LogP contribution in [0, 0.1) is 11.8 Å². The summed E-state index contributed by atoms with van der Waals surface area (Å²) in [5.41, 5.74) is 1.91. The largest absolute Gasteiger partial charge is 0.484 e. The van der Waals surface area contributed by atoms with Crippen LogP contribution in [-0.4, -0.2) is 60.5 Å². The number of carbonyl (C=O) groups is 3. The van der Waals surface area contributed by atoms with E-state index in [1.54, 1.807) is 11.8 Å². The lowest BCUT2D eigenvalue weighted by Gasteiger charge is -2.27. The number of nitrogens with one attached hydrogen (secondary N) is 4. The lowest BCUT2D eigenvalue weighted by molar-refractivity contribution is -0.134. The summed E-state index contributed by atoms with van der Waals surface area (Å²) in [4.78, 5) is 41.2. The van der Waals surface area contributed by atoms with E-state index in [1.165, 1.54) is 0 Å². The van der Waals surface area contributed by atoms with Crippen molar-refractivity contribution >= 4 is 40.9 Å². The topological polar surface area (TPSA) is 138 Å². The molecule has 4 atom stereocenters. The average molecular weight is 571 g/mol. The highest BCUT2D eigenvalue weighted by atomic mass is 32.2. The van der Waals surface area contributed by atoms with E-state index in [2.05, 4.69) is 27.3 Å². The van der Waals surface area contributed by atoms with Gasteiger partial charge in [0, 0.05) is 15.9 Å². The maximum absolute atomic E-state index is 13.2. The van der Waals surface area contributed by atoms with Gasteiger partial charge in [0.05, 0.1) is 24.0 Å². The molecule has 0 spiro atoms. The van der Waals surface area contributed by atoms with Crippen LogP contribution in [-0.2, 0) is 19.1 Å². The van der Waals surface area contributed by atoms with E-state index >= 15 is 0 Å². The molecule has 4 rings (SSSR count). The van der Waals surface area contributed by atoms with Crippen LogP contribution in [0.5, 0.6) is 5.75 Å². The standard InChI is InChI=1S/C29H38N4O6S/c1-16(2)13-22(27(35)31-20-11-12-38-29(20)37)32-28(36)26(17(3)4)33-25(34)15-39-18-9-10-24-21(14-18)30-19-7-5-6-8-23(19)40-24/h5-10,14,16-17,20,22,26,29-30,37H,11-13,15H2,1-4H3,(H,31,35)(H,32,36)(H,33,34)/t20-,22-,26+,29?/m0/s1. The molecule has 0 radical (unpaired) electrons. The van der Waals surface area contributed by atoms with Crippen LogP contribution in [0.25, 0.3) is 0 Å². The molecule has 0 saturated carbocycles. The van der Waals surface area contributed by atoms with Gasteiger partial charge in [-0.25, -0.2) is 0 Å². The molecule has 2 aliphatic rings. The number of aliphatic hydroxyl groups excluding tert-OH is 1. The maximum atomic E-state index is 13.2. The third kappa shape index (κ3) is 7.67. The van der Waals surface area contributed by atoms with Crippen LogP contribution in [0.15, 0.2) is 52.3 Å². The Balaban J connectivity index is 1.33. The van der Waals surface area contributed by atoms with Crippen LogP contribution in [0.3, 0.4) is 0 Å². The van der Waals surface area contributed by atoms with Gasteiger partial charge >= 0.3 is 0 Å². The highest BCUT2D eigenvalue weighted by molar-refractivity contribution is 7.99. The molecule has 1 saturated heterocycles. The first-order valence-electron chi connectivity index (χ1n) is 13.6. The first-order chi connectivity index (χ1) is 19.1. The number of hydrogen-bond acceptors (Lipinski definition) is 8. The normalized spacial score (nSPS) is 19.2. The summed E-state index contributed by atoms with van der Waals surface area (Å²) in [6, 6.07) is 11.4. The Morgan fingerprint density at radius 1 is 1.05 bits per heavy atom. The Morgan fingerprint density at radius 2 is 1.80 bits per heavy atom. The Morgan fingerprint density at radius 3 is 2.50 bits per heavy atom. The number of hydrogen-bond donors (Lipinski definition) is 5. The van der Waals surface area contributed by atoms with Gasteiger partial charge in [-0.15, -0.1) is 0 Å². The van der Waals surface area contributed by atoms with Crippen LogP contribution in [0.4, 0.5) is 11.4 Å². The molecule has 0 aliphatic carbocycles. The predicted molar refractivity (Wildman–Crippen MR) is 152 cm³/mol. The van der Waals surface area contributed by atoms with Gasteiger partial charge in [0.15, 0.2) is 12.9 Å². The van der Waals surface area contributed by atoms with Crippen molar-refractivity contribution < 1.29 is 29.0 Å². The highest BCUT2D eigenvalue weighted by Gasteiger charge is 2.33. The van der Waals surface area contributed by atoms with Crippen LogP contribution >= 0.6 is 11.8 Å². The number of para-hydroxylation sites is 1. The summed E-state index contributed by atoms with van der Waals surface area (Å²) in [6.45, 7) is 7.62. The number of benzene rings is 2. The number of ether oxygens (including phenoxy) is 2. The van der Waals surface area contributed by atoms with Gasteiger partial charge in [0.25, 0.3) is 5.91 Å². The molecule has 5 N–H and O–H groups in total. The summed E-state index contributed by atoms with van der Waals surface area (Å²) >= 11 is 1.66. The highest BCUT2D eigenvalue weighted by Crippen LogP contribution is 2.44. The van der Waals surface area contributed by atoms with Gasteiger partial charge in [-0.2, -0.15) is 0 Å². The average Bonchev–Trinajstić information content (AvgIpc) is 3.32. The van der Waals surface area contributed by atoms with Crippen molar-refractivity contribution in [2.24, 2.45) is 11.8 Å². The van der Waals surface area contributed by atoms with Crippen molar-refractivity contribution in [3.8, 4) is 5.75 Å². The fraction of sp³-hybridized carbons (Fsp3) is 0.483. The Kier molecular flexibility index (Phi) is 9.94. The minimum absolute atomic E-state index is 0.124. The molecule has 0 bridgehead atoms. The van der Waals surface area contributed by atoms with E-state index in [-0.39, 0.29) is 18.4 Å². The van der Waals surface area contributed by atoms with E-state index in [0.717, 1.165) is 21.2 Å². The summed E-state index contributed by atoms with van der Waals surface area (Å²) in [5.74, 6) is -0.883. The van der Waals surface area contributed by atoms with Crippen molar-refractivity contribution in [3.63, 3.8) is 0 Å². The number of carbonyl (C=O) groups excluding carboxylic acids is 3. The quantitative estimate of drug-likeness (QED) is 0.237. The Labute approximate surface area is 239 Å². The van der Waals surface area contributed by atoms with E-state index in [9.17, 15) is 19.5 Å². The zero-order chi connectivity index (χ0) is 28.8. The fourth-order valence-corrected chi connectivity index (χ4v) is 5.54. The van der Waals surface area contributed by atoms with Crippen molar-refractivity contribution in [1.82, 2.24) is 16.0 Å². The molecular formula is C29H38N4O6S. The van der Waals surface area contributed by atoms with Crippen LogP contribution < -0.4 is 26.0 Å². The van der Waals surface area contributed by atoms with Crippen molar-refractivity contribution in [2.45, 2.75) is 74.7 Å². The SMILES string of the molecule is CC(C)C[C@H](NC(=O)[C@H](NC(=O)COc1ccc2c(c1)Nc1ccccc1S2)C(C)C)C(=O)N[C@H]1CCOC1O. The Bertz CT molecular complexity index is 1220. The molecule has 40 heavy (non-hydrogen) atoms. The molecule has 0 aromatic heterocycles. The molecule has 10 nitrogen and oxygen atoms in total. The minimum atomic E-state index is -1.07. The van der Waals surface area contributed by atoms with E-state index in [1.807, 2.05) is 64.1 Å². The molecule has 3 amide bonds. The lowest BCUT2D eigenvalue weighted by Crippen LogP contribution is -2.57. The fourth-order valence-electron chi connectivity index (χ4n) is 4.57. The summed E-state index contributed by atoms with van der Waals surface area (Å²) in [6.07, 6.45) is -0.174. The molecule has 2 heterocycles. The first-order valence-corrected chi connectivity index (χ1v) is 14.4. The molecule has 2 aromatic rings. The number of anilines is 2. The van der Waals surface area contributed by atoms with Gasteiger partial charge in [-0.05, 0) is 48.9 Å². The van der Waals surface area contributed by atoms with Crippen LogP contribution in [0.2, 0.25) is 0 Å². The van der Waals surface area contributed by atoms with Crippen molar-refractivity contribution in [2.75, 3.05) is 18.5 Å². The summed E-state index contributed by atoms with van der Waals surface area (Å²) < 4.78 is 10.9. The molecule has 216 valence electrons. The van der Waals surface area contributed by atoms with Gasteiger partial charge in [-0.3, -0.25) is 14.4 Å². The third-order valence-electron chi connectivity index (χ3n) is 6.69.